The first-order valence-corrected chi connectivity index (χ1v) is 16.8. The molecule has 250 valence electrons. The zero-order chi connectivity index (χ0) is 33.1. The van der Waals surface area contributed by atoms with Crippen molar-refractivity contribution in [1.29, 1.82) is 0 Å². The molecule has 0 saturated carbocycles. The van der Waals surface area contributed by atoms with Crippen LogP contribution in [0.4, 0.5) is 28.7 Å². The van der Waals surface area contributed by atoms with Crippen LogP contribution in [0, 0.1) is 0 Å². The zero-order valence-electron chi connectivity index (χ0n) is 27.1. The molecule has 3 aliphatic heterocycles. The average molecular weight is 682 g/mol. The van der Waals surface area contributed by atoms with Gasteiger partial charge in [-0.15, -0.1) is 0 Å². The van der Waals surface area contributed by atoms with Gasteiger partial charge in [0.2, 0.25) is 5.91 Å². The van der Waals surface area contributed by atoms with E-state index in [9.17, 15) is 4.79 Å². The molecule has 11 nitrogen and oxygen atoms in total. The number of nitrogens with one attached hydrogen (secondary N) is 2. The number of likely N-dealkylation sites (N-methyl/N-ethyl adjacent to an activating group) is 1. The van der Waals surface area contributed by atoms with E-state index < -0.39 is 0 Å². The Hall–Kier alpha value is -3.61. The number of hydroxylamine groups is 1. The molecule has 47 heavy (non-hydrogen) atoms. The Bertz CT molecular complexity index is 1600. The molecule has 13 heteroatoms. The van der Waals surface area contributed by atoms with Crippen LogP contribution in [-0.4, -0.2) is 91.7 Å². The normalized spacial score (nSPS) is 20.6. The van der Waals surface area contributed by atoms with Gasteiger partial charge in [-0.2, -0.15) is 0 Å². The molecule has 0 radical (unpaired) electrons. The standard InChI is InChI=1S/C34H42Cl2N8O3/c1-5-33(45)40-26-17-27(30(46-4)18-29(26)42-13-9-22(10-14-42)43-15-11-23(20-43)41(2)3)39-31-19-32(38-21-37-31)44-28(12-16-47-44)24-7-6-8-25(35)34(24)36/h5-8,17-19,21-23,28H,1,9-16,20H2,2-4H3,(H,40,45)(H,37,38,39). The molecule has 2 N–H and O–H groups in total. The van der Waals surface area contributed by atoms with Crippen LogP contribution in [0.3, 0.4) is 0 Å². The number of methoxy groups -OCH3 is 1. The summed E-state index contributed by atoms with van der Waals surface area (Å²) < 4.78 is 5.86. The Balaban J connectivity index is 1.22. The smallest absolute Gasteiger partial charge is 0.247 e. The first-order valence-electron chi connectivity index (χ1n) is 16.0. The topological polar surface area (TPSA) is 98.3 Å². The molecule has 4 heterocycles. The lowest BCUT2D eigenvalue weighted by molar-refractivity contribution is -0.111. The van der Waals surface area contributed by atoms with Gasteiger partial charge in [0.15, 0.2) is 5.82 Å². The molecule has 2 atom stereocenters. The molecule has 3 aliphatic rings. The van der Waals surface area contributed by atoms with E-state index in [4.69, 9.17) is 32.8 Å². The number of likely N-dealkylation sites (tertiary alicyclic amines) is 1. The first kappa shape index (κ1) is 33.3. The van der Waals surface area contributed by atoms with Crippen molar-refractivity contribution in [3.05, 3.63) is 71.0 Å². The number of halogens is 2. The van der Waals surface area contributed by atoms with Crippen molar-refractivity contribution in [2.24, 2.45) is 0 Å². The van der Waals surface area contributed by atoms with E-state index in [0.29, 0.717) is 57.5 Å². The van der Waals surface area contributed by atoms with E-state index in [0.717, 1.165) is 56.7 Å². The molecule has 3 aromatic rings. The summed E-state index contributed by atoms with van der Waals surface area (Å²) in [5.74, 6) is 1.42. The van der Waals surface area contributed by atoms with Gasteiger partial charge in [0, 0.05) is 56.8 Å². The Morgan fingerprint density at radius 1 is 1.09 bits per heavy atom. The molecule has 1 aromatic heterocycles. The fraction of sp³-hybridized carbons (Fsp3) is 0.441. The van der Waals surface area contributed by atoms with Gasteiger partial charge in [-0.05, 0) is 57.1 Å². The maximum Gasteiger partial charge on any atom is 0.247 e. The van der Waals surface area contributed by atoms with Crippen LogP contribution >= 0.6 is 23.2 Å². The highest BCUT2D eigenvalue weighted by Gasteiger charge is 2.33. The first-order chi connectivity index (χ1) is 22.7. The fourth-order valence-corrected chi connectivity index (χ4v) is 7.24. The second kappa shape index (κ2) is 14.7. The third-order valence-electron chi connectivity index (χ3n) is 9.39. The minimum atomic E-state index is -0.287. The molecule has 2 aromatic carbocycles. The summed E-state index contributed by atoms with van der Waals surface area (Å²) in [7, 11) is 5.97. The maximum absolute atomic E-state index is 12.6. The predicted octanol–water partition coefficient (Wildman–Crippen LogP) is 6.15. The summed E-state index contributed by atoms with van der Waals surface area (Å²) in [6, 6.07) is 12.3. The number of amides is 1. The monoisotopic (exact) mass is 680 g/mol. The lowest BCUT2D eigenvalue weighted by Gasteiger charge is -2.39. The average Bonchev–Trinajstić information content (AvgIpc) is 3.78. The Morgan fingerprint density at radius 2 is 1.89 bits per heavy atom. The van der Waals surface area contributed by atoms with Gasteiger partial charge in [0.25, 0.3) is 0 Å². The van der Waals surface area contributed by atoms with E-state index in [-0.39, 0.29) is 11.9 Å². The Morgan fingerprint density at radius 3 is 2.62 bits per heavy atom. The summed E-state index contributed by atoms with van der Waals surface area (Å²) in [6.45, 7) is 8.19. The van der Waals surface area contributed by atoms with Gasteiger partial charge < -0.3 is 25.2 Å². The van der Waals surface area contributed by atoms with Gasteiger partial charge in [0.05, 0.1) is 46.9 Å². The minimum absolute atomic E-state index is 0.164. The molecular weight excluding hydrogens is 639 g/mol. The molecular formula is C34H42Cl2N8O3. The van der Waals surface area contributed by atoms with Crippen molar-refractivity contribution in [3.63, 3.8) is 0 Å². The minimum Gasteiger partial charge on any atom is -0.494 e. The van der Waals surface area contributed by atoms with Crippen molar-refractivity contribution >= 4 is 57.8 Å². The van der Waals surface area contributed by atoms with Gasteiger partial charge in [-0.3, -0.25) is 14.5 Å². The predicted molar refractivity (Wildman–Crippen MR) is 188 cm³/mol. The molecule has 0 spiro atoms. The van der Waals surface area contributed by atoms with E-state index in [2.05, 4.69) is 56.0 Å². The molecule has 3 fully saturated rings. The van der Waals surface area contributed by atoms with Crippen LogP contribution in [-0.2, 0) is 9.63 Å². The SMILES string of the molecule is C=CC(=O)Nc1cc(Nc2cc(N3OCCC3c3cccc(Cl)c3Cl)ncn2)c(OC)cc1N1CCC(N2CCC(N(C)C)C2)CC1. The zero-order valence-corrected chi connectivity index (χ0v) is 28.6. The van der Waals surface area contributed by atoms with Gasteiger partial charge >= 0.3 is 0 Å². The summed E-state index contributed by atoms with van der Waals surface area (Å²) in [4.78, 5) is 34.8. The third kappa shape index (κ3) is 7.29. The summed E-state index contributed by atoms with van der Waals surface area (Å²) in [5, 5.41) is 9.12. The van der Waals surface area contributed by atoms with Crippen molar-refractivity contribution < 1.29 is 14.4 Å². The number of anilines is 5. The highest BCUT2D eigenvalue weighted by molar-refractivity contribution is 6.42. The quantitative estimate of drug-likeness (QED) is 0.243. The highest BCUT2D eigenvalue weighted by Crippen LogP contribution is 2.42. The number of carbonyl (C=O) groups excluding carboxylic acids is 1. The number of benzene rings is 2. The van der Waals surface area contributed by atoms with Crippen molar-refractivity contribution in [2.75, 3.05) is 74.6 Å². The van der Waals surface area contributed by atoms with Crippen LogP contribution in [0.25, 0.3) is 0 Å². The van der Waals surface area contributed by atoms with Crippen LogP contribution in [0.15, 0.2) is 55.4 Å². The third-order valence-corrected chi connectivity index (χ3v) is 10.2. The van der Waals surface area contributed by atoms with Crippen LogP contribution in [0.2, 0.25) is 10.0 Å². The van der Waals surface area contributed by atoms with Gasteiger partial charge in [-0.25, -0.2) is 15.0 Å². The van der Waals surface area contributed by atoms with Crippen LogP contribution in [0.1, 0.15) is 37.3 Å². The Labute approximate surface area is 286 Å². The number of ether oxygens (including phenoxy) is 1. The summed E-state index contributed by atoms with van der Waals surface area (Å²) in [6.07, 6.45) is 6.80. The largest absolute Gasteiger partial charge is 0.494 e. The van der Waals surface area contributed by atoms with Crippen molar-refractivity contribution in [3.8, 4) is 5.75 Å². The van der Waals surface area contributed by atoms with Crippen molar-refractivity contribution in [1.82, 2.24) is 19.8 Å². The maximum atomic E-state index is 12.6. The van der Waals surface area contributed by atoms with E-state index in [1.54, 1.807) is 24.3 Å². The molecule has 6 rings (SSSR count). The molecule has 3 saturated heterocycles. The molecule has 0 aliphatic carbocycles. The fourth-order valence-electron chi connectivity index (χ4n) is 6.80. The van der Waals surface area contributed by atoms with E-state index in [1.807, 2.05) is 24.3 Å². The molecule has 1 amide bonds. The number of hydrogen-bond donors (Lipinski definition) is 2. The summed E-state index contributed by atoms with van der Waals surface area (Å²) >= 11 is 12.9. The highest BCUT2D eigenvalue weighted by atomic mass is 35.5. The number of nitrogens with zero attached hydrogens (tertiary/aromatic N) is 6. The Kier molecular flexibility index (Phi) is 10.4. The lowest BCUT2D eigenvalue weighted by atomic mass is 10.0. The number of piperidine rings is 1. The van der Waals surface area contributed by atoms with Crippen LogP contribution < -0.4 is 25.3 Å². The molecule has 0 bridgehead atoms. The number of aromatic nitrogens is 2. The number of carbonyl (C=O) groups is 1. The summed E-state index contributed by atoms with van der Waals surface area (Å²) in [5.41, 5.74) is 3.08. The number of hydrogen-bond acceptors (Lipinski definition) is 10. The van der Waals surface area contributed by atoms with E-state index in [1.165, 1.54) is 18.8 Å². The van der Waals surface area contributed by atoms with Gasteiger partial charge in [-0.1, -0.05) is 41.9 Å². The van der Waals surface area contributed by atoms with Gasteiger partial charge in [0.1, 0.15) is 17.9 Å². The number of rotatable bonds is 10. The van der Waals surface area contributed by atoms with E-state index >= 15 is 0 Å². The van der Waals surface area contributed by atoms with Crippen LogP contribution in [0.5, 0.6) is 5.75 Å². The molecule has 2 unspecified atom stereocenters. The van der Waals surface area contributed by atoms with Crippen molar-refractivity contribution in [2.45, 2.75) is 43.8 Å². The second-order valence-electron chi connectivity index (χ2n) is 12.4. The lowest BCUT2D eigenvalue weighted by Crippen LogP contribution is -2.45. The second-order valence-corrected chi connectivity index (χ2v) is 13.2.